The van der Waals surface area contributed by atoms with Gasteiger partial charge in [-0.05, 0) is 0 Å². The summed E-state index contributed by atoms with van der Waals surface area (Å²) in [5.41, 5.74) is -1.54. The molecule has 11 heavy (non-hydrogen) atoms. The molecule has 0 spiro atoms. The number of hydrogen-bond acceptors (Lipinski definition) is 1. The number of aromatic nitrogens is 2. The number of halogens is 4. The first-order valence-electron chi connectivity index (χ1n) is 2.72. The number of H-pyrrole nitrogens is 1. The van der Waals surface area contributed by atoms with E-state index in [1.807, 2.05) is 0 Å². The second-order valence-corrected chi connectivity index (χ2v) is 1.84. The van der Waals surface area contributed by atoms with Crippen LogP contribution in [0.15, 0.2) is 6.20 Å². The number of rotatable bonds is 2. The summed E-state index contributed by atoms with van der Waals surface area (Å²) in [6.45, 7) is 0. The van der Waals surface area contributed by atoms with Gasteiger partial charge in [0.05, 0.1) is 11.8 Å². The Hall–Kier alpha value is -1.07. The average Bonchev–Trinajstić information content (AvgIpc) is 2.32. The number of nitrogens with one attached hydrogen (secondary N) is 1. The number of alkyl halides is 4. The maximum atomic E-state index is 11.8. The zero-order chi connectivity index (χ0) is 8.43. The lowest BCUT2D eigenvalue weighted by atomic mass is 10.3. The Morgan fingerprint density at radius 3 is 2.18 bits per heavy atom. The van der Waals surface area contributed by atoms with Gasteiger partial charge in [0.2, 0.25) is 0 Å². The Labute approximate surface area is 59.2 Å². The molecule has 0 bridgehead atoms. The molecule has 1 heterocycles. The molecule has 1 rings (SSSR count). The van der Waals surface area contributed by atoms with Gasteiger partial charge in [-0.3, -0.25) is 5.10 Å². The molecule has 2 nitrogen and oxygen atoms in total. The van der Waals surface area contributed by atoms with Crippen molar-refractivity contribution in [2.75, 3.05) is 0 Å². The second kappa shape index (κ2) is 2.89. The van der Waals surface area contributed by atoms with E-state index in [0.717, 1.165) is 0 Å². The van der Waals surface area contributed by atoms with Crippen LogP contribution in [0.1, 0.15) is 24.1 Å². The minimum Gasteiger partial charge on any atom is -0.276 e. The van der Waals surface area contributed by atoms with Gasteiger partial charge in [-0.1, -0.05) is 0 Å². The fraction of sp³-hybridized carbons (Fsp3) is 0.400. The maximum absolute atomic E-state index is 11.8. The molecule has 0 aromatic carbocycles. The minimum atomic E-state index is -2.93. The van der Waals surface area contributed by atoms with Crippen LogP contribution in [0.5, 0.6) is 0 Å². The number of hydrogen-bond donors (Lipinski definition) is 1. The van der Waals surface area contributed by atoms with Crippen LogP contribution in [-0.4, -0.2) is 10.2 Å². The van der Waals surface area contributed by atoms with Crippen LogP contribution in [0.3, 0.4) is 0 Å². The number of aromatic amines is 1. The molecule has 6 heteroatoms. The molecule has 0 atom stereocenters. The molecule has 0 saturated heterocycles. The molecule has 1 N–H and O–H groups in total. The minimum absolute atomic E-state index is 0.701. The molecule has 0 aliphatic heterocycles. The zero-order valence-corrected chi connectivity index (χ0v) is 5.19. The Morgan fingerprint density at radius 1 is 1.18 bits per heavy atom. The standard InChI is InChI=1S/C5H4F4N2/c6-4(7)2-1-10-11-3(2)5(8)9/h1,4-5H,(H,10,11). The first kappa shape index (κ1) is 8.03. The molecule has 0 saturated carbocycles. The van der Waals surface area contributed by atoms with E-state index in [9.17, 15) is 17.6 Å². The third kappa shape index (κ3) is 1.50. The van der Waals surface area contributed by atoms with E-state index in [1.54, 1.807) is 5.10 Å². The highest BCUT2D eigenvalue weighted by molar-refractivity contribution is 5.18. The van der Waals surface area contributed by atoms with Gasteiger partial charge in [0.1, 0.15) is 5.69 Å². The molecule has 0 unspecified atom stereocenters. The molecular weight excluding hydrogens is 164 g/mol. The van der Waals surface area contributed by atoms with Crippen molar-refractivity contribution in [3.63, 3.8) is 0 Å². The third-order valence-electron chi connectivity index (χ3n) is 1.15. The molecule has 0 radical (unpaired) electrons. The summed E-state index contributed by atoms with van der Waals surface area (Å²) in [4.78, 5) is 0. The summed E-state index contributed by atoms with van der Waals surface area (Å²) in [6.07, 6.45) is -5.13. The lowest BCUT2D eigenvalue weighted by Crippen LogP contribution is -1.91. The van der Waals surface area contributed by atoms with Crippen LogP contribution in [-0.2, 0) is 0 Å². The van der Waals surface area contributed by atoms with E-state index < -0.39 is 24.1 Å². The monoisotopic (exact) mass is 168 g/mol. The summed E-state index contributed by atoms with van der Waals surface area (Å²) in [6, 6.07) is 0. The van der Waals surface area contributed by atoms with Crippen molar-refractivity contribution in [1.82, 2.24) is 10.2 Å². The molecule has 0 aliphatic rings. The molecule has 0 aliphatic carbocycles. The summed E-state index contributed by atoms with van der Waals surface area (Å²) >= 11 is 0. The van der Waals surface area contributed by atoms with Crippen molar-refractivity contribution < 1.29 is 17.6 Å². The lowest BCUT2D eigenvalue weighted by molar-refractivity contribution is 0.122. The molecule has 1 aromatic heterocycles. The number of nitrogens with zero attached hydrogens (tertiary/aromatic N) is 1. The zero-order valence-electron chi connectivity index (χ0n) is 5.19. The van der Waals surface area contributed by atoms with E-state index in [0.29, 0.717) is 6.20 Å². The van der Waals surface area contributed by atoms with E-state index in [2.05, 4.69) is 5.10 Å². The molecular formula is C5H4F4N2. The third-order valence-corrected chi connectivity index (χ3v) is 1.15. The highest BCUT2D eigenvalue weighted by Crippen LogP contribution is 2.27. The van der Waals surface area contributed by atoms with Crippen molar-refractivity contribution >= 4 is 0 Å². The smallest absolute Gasteiger partial charge is 0.276 e. The van der Waals surface area contributed by atoms with Crippen LogP contribution in [0.25, 0.3) is 0 Å². The first-order valence-corrected chi connectivity index (χ1v) is 2.72. The van der Waals surface area contributed by atoms with Gasteiger partial charge in [-0.2, -0.15) is 5.10 Å². The van der Waals surface area contributed by atoms with E-state index in [1.165, 1.54) is 0 Å². The van der Waals surface area contributed by atoms with Gasteiger partial charge >= 0.3 is 0 Å². The van der Waals surface area contributed by atoms with Crippen LogP contribution in [0.2, 0.25) is 0 Å². The lowest BCUT2D eigenvalue weighted by Gasteiger charge is -1.98. The molecule has 0 amide bonds. The van der Waals surface area contributed by atoms with Gasteiger partial charge in [0.15, 0.2) is 0 Å². The highest BCUT2D eigenvalue weighted by Gasteiger charge is 2.21. The van der Waals surface area contributed by atoms with E-state index in [4.69, 9.17) is 0 Å². The molecule has 1 aromatic rings. The van der Waals surface area contributed by atoms with Crippen LogP contribution < -0.4 is 0 Å². The van der Waals surface area contributed by atoms with Crippen molar-refractivity contribution in [2.45, 2.75) is 12.9 Å². The van der Waals surface area contributed by atoms with Crippen LogP contribution in [0, 0.1) is 0 Å². The Bertz CT molecular complexity index is 210. The summed E-state index contributed by atoms with van der Waals surface area (Å²) < 4.78 is 47.3. The summed E-state index contributed by atoms with van der Waals surface area (Å²) in [5, 5.41) is 4.89. The van der Waals surface area contributed by atoms with Gasteiger partial charge in [0.25, 0.3) is 12.9 Å². The van der Waals surface area contributed by atoms with Gasteiger partial charge < -0.3 is 0 Å². The van der Waals surface area contributed by atoms with Gasteiger partial charge in [-0.15, -0.1) is 0 Å². The van der Waals surface area contributed by atoms with Gasteiger partial charge in [0, 0.05) is 0 Å². The van der Waals surface area contributed by atoms with Crippen molar-refractivity contribution in [2.24, 2.45) is 0 Å². The molecule has 0 fully saturated rings. The predicted molar refractivity (Wildman–Crippen MR) is 28.5 cm³/mol. The van der Waals surface area contributed by atoms with Crippen molar-refractivity contribution in [3.05, 3.63) is 17.5 Å². The average molecular weight is 168 g/mol. The van der Waals surface area contributed by atoms with Gasteiger partial charge in [-0.25, -0.2) is 17.6 Å². The maximum Gasteiger partial charge on any atom is 0.280 e. The van der Waals surface area contributed by atoms with E-state index >= 15 is 0 Å². The van der Waals surface area contributed by atoms with Crippen molar-refractivity contribution in [3.8, 4) is 0 Å². The fourth-order valence-electron chi connectivity index (χ4n) is 0.654. The fourth-order valence-corrected chi connectivity index (χ4v) is 0.654. The van der Waals surface area contributed by atoms with Crippen molar-refractivity contribution in [1.29, 1.82) is 0 Å². The topological polar surface area (TPSA) is 28.7 Å². The highest BCUT2D eigenvalue weighted by atomic mass is 19.3. The first-order chi connectivity index (χ1) is 5.13. The Morgan fingerprint density at radius 2 is 1.82 bits per heavy atom. The molecule has 62 valence electrons. The quantitative estimate of drug-likeness (QED) is 0.674. The SMILES string of the molecule is FC(F)c1cn[nH]c1C(F)F. The van der Waals surface area contributed by atoms with Crippen LogP contribution >= 0.6 is 0 Å². The normalized spacial score (nSPS) is 11.5. The van der Waals surface area contributed by atoms with E-state index in [-0.39, 0.29) is 0 Å². The summed E-state index contributed by atoms with van der Waals surface area (Å²) in [5.74, 6) is 0. The predicted octanol–water partition coefficient (Wildman–Crippen LogP) is 2.28. The second-order valence-electron chi connectivity index (χ2n) is 1.84. The van der Waals surface area contributed by atoms with Crippen LogP contribution in [0.4, 0.5) is 17.6 Å². The Balaban J connectivity index is 2.96. The summed E-state index contributed by atoms with van der Waals surface area (Å²) in [7, 11) is 0. The largest absolute Gasteiger partial charge is 0.280 e. The Kier molecular flexibility index (Phi) is 2.11.